The molecular weight excluding hydrogens is 268 g/mol. The smallest absolute Gasteiger partial charge is 0.335 e. The molecule has 1 aromatic heterocycles. The lowest BCUT2D eigenvalue weighted by Gasteiger charge is -2.23. The number of ether oxygens (including phenoxy) is 1. The molecule has 5 heteroatoms. The fourth-order valence-electron chi connectivity index (χ4n) is 2.33. The highest BCUT2D eigenvalue weighted by Crippen LogP contribution is 2.24. The van der Waals surface area contributed by atoms with Crippen molar-refractivity contribution in [3.8, 4) is 0 Å². The molecule has 1 aliphatic rings. The Bertz CT molecular complexity index is 503. The van der Waals surface area contributed by atoms with Gasteiger partial charge in [-0.3, -0.25) is 0 Å². The average Bonchev–Trinajstić information content (AvgIpc) is 2.45. The molecule has 0 unspecified atom stereocenters. The molecule has 1 saturated heterocycles. The number of carboxylic acid groups (broad SMARTS) is 1. The number of carboxylic acids is 1. The van der Waals surface area contributed by atoms with Crippen molar-refractivity contribution >= 4 is 11.8 Å². The molecule has 0 amide bonds. The lowest BCUT2D eigenvalue weighted by atomic mass is 9.90. The molecular formula is C16H24N2O3. The molecule has 5 nitrogen and oxygen atoms in total. The minimum atomic E-state index is -0.919. The summed E-state index contributed by atoms with van der Waals surface area (Å²) in [5.74, 6) is 0.287. The van der Waals surface area contributed by atoms with Crippen LogP contribution in [0.25, 0.3) is 0 Å². The van der Waals surface area contributed by atoms with Crippen molar-refractivity contribution < 1.29 is 14.6 Å². The van der Waals surface area contributed by atoms with E-state index in [1.807, 2.05) is 20.8 Å². The van der Waals surface area contributed by atoms with Crippen LogP contribution in [0.2, 0.25) is 0 Å². The quantitative estimate of drug-likeness (QED) is 0.892. The van der Waals surface area contributed by atoms with Gasteiger partial charge in [-0.15, -0.1) is 0 Å². The van der Waals surface area contributed by atoms with Crippen LogP contribution in [0.15, 0.2) is 12.1 Å². The summed E-state index contributed by atoms with van der Waals surface area (Å²) in [4.78, 5) is 15.8. The van der Waals surface area contributed by atoms with E-state index in [4.69, 9.17) is 4.74 Å². The molecule has 2 rings (SSSR count). The predicted octanol–water partition coefficient (Wildman–Crippen LogP) is 2.92. The summed E-state index contributed by atoms with van der Waals surface area (Å²) < 4.78 is 5.35. The number of carbonyl (C=O) groups is 1. The third-order valence-electron chi connectivity index (χ3n) is 3.75. The third-order valence-corrected chi connectivity index (χ3v) is 3.75. The summed E-state index contributed by atoms with van der Waals surface area (Å²) >= 11 is 0. The topological polar surface area (TPSA) is 71.5 Å². The number of hydrogen-bond acceptors (Lipinski definition) is 4. The van der Waals surface area contributed by atoms with Gasteiger partial charge in [-0.25, -0.2) is 9.78 Å². The SMILES string of the molecule is CC(C)(C)c1cc(C(=O)O)cc(NCC2CCOCC2)n1. The van der Waals surface area contributed by atoms with Crippen LogP contribution in [0.1, 0.15) is 49.7 Å². The van der Waals surface area contributed by atoms with E-state index < -0.39 is 5.97 Å². The predicted molar refractivity (Wildman–Crippen MR) is 81.9 cm³/mol. The van der Waals surface area contributed by atoms with Crippen LogP contribution in [0.3, 0.4) is 0 Å². The molecule has 116 valence electrons. The first-order chi connectivity index (χ1) is 9.86. The van der Waals surface area contributed by atoms with Gasteiger partial charge in [-0.2, -0.15) is 0 Å². The van der Waals surface area contributed by atoms with Crippen molar-refractivity contribution in [1.29, 1.82) is 0 Å². The first-order valence-electron chi connectivity index (χ1n) is 7.44. The Labute approximate surface area is 125 Å². The molecule has 0 aliphatic carbocycles. The van der Waals surface area contributed by atoms with Gasteiger partial charge in [0.2, 0.25) is 0 Å². The third kappa shape index (κ3) is 4.43. The summed E-state index contributed by atoms with van der Waals surface area (Å²) in [6.45, 7) is 8.52. The van der Waals surface area contributed by atoms with Gasteiger partial charge < -0.3 is 15.2 Å². The minimum Gasteiger partial charge on any atom is -0.478 e. The summed E-state index contributed by atoms with van der Waals surface area (Å²) in [5, 5.41) is 12.5. The van der Waals surface area contributed by atoms with E-state index in [9.17, 15) is 9.90 Å². The molecule has 0 radical (unpaired) electrons. The van der Waals surface area contributed by atoms with Crippen molar-refractivity contribution in [3.63, 3.8) is 0 Å². The second kappa shape index (κ2) is 6.43. The molecule has 0 aromatic carbocycles. The van der Waals surface area contributed by atoms with E-state index in [-0.39, 0.29) is 11.0 Å². The number of rotatable bonds is 4. The first kappa shape index (κ1) is 15.8. The Hall–Kier alpha value is -1.62. The molecule has 0 atom stereocenters. The van der Waals surface area contributed by atoms with E-state index in [1.54, 1.807) is 12.1 Å². The van der Waals surface area contributed by atoms with E-state index in [0.29, 0.717) is 11.7 Å². The van der Waals surface area contributed by atoms with Gasteiger partial charge in [0.05, 0.1) is 5.56 Å². The fourth-order valence-corrected chi connectivity index (χ4v) is 2.33. The average molecular weight is 292 g/mol. The lowest BCUT2D eigenvalue weighted by molar-refractivity contribution is 0.0696. The van der Waals surface area contributed by atoms with Crippen LogP contribution < -0.4 is 5.32 Å². The van der Waals surface area contributed by atoms with Gasteiger partial charge in [-0.05, 0) is 30.9 Å². The Morgan fingerprint density at radius 3 is 2.62 bits per heavy atom. The maximum absolute atomic E-state index is 11.3. The zero-order chi connectivity index (χ0) is 15.5. The van der Waals surface area contributed by atoms with Gasteiger partial charge >= 0.3 is 5.97 Å². The van der Waals surface area contributed by atoms with Crippen LogP contribution in [-0.2, 0) is 10.2 Å². The second-order valence-corrected chi connectivity index (χ2v) is 6.62. The molecule has 0 bridgehead atoms. The van der Waals surface area contributed by atoms with Crippen molar-refractivity contribution in [2.45, 2.75) is 39.0 Å². The minimum absolute atomic E-state index is 0.180. The zero-order valence-corrected chi connectivity index (χ0v) is 13.0. The number of nitrogens with one attached hydrogen (secondary N) is 1. The highest BCUT2D eigenvalue weighted by Gasteiger charge is 2.20. The van der Waals surface area contributed by atoms with Crippen LogP contribution in [0, 0.1) is 5.92 Å². The highest BCUT2D eigenvalue weighted by atomic mass is 16.5. The van der Waals surface area contributed by atoms with Gasteiger partial charge in [0.25, 0.3) is 0 Å². The van der Waals surface area contributed by atoms with Crippen molar-refractivity contribution in [2.24, 2.45) is 5.92 Å². The van der Waals surface area contributed by atoms with Crippen LogP contribution in [-0.4, -0.2) is 35.8 Å². The molecule has 21 heavy (non-hydrogen) atoms. The Morgan fingerprint density at radius 1 is 1.38 bits per heavy atom. The van der Waals surface area contributed by atoms with Gasteiger partial charge in [-0.1, -0.05) is 20.8 Å². The molecule has 0 spiro atoms. The van der Waals surface area contributed by atoms with Crippen LogP contribution >= 0.6 is 0 Å². The summed E-state index contributed by atoms with van der Waals surface area (Å²) in [6.07, 6.45) is 2.08. The Balaban J connectivity index is 2.13. The first-order valence-corrected chi connectivity index (χ1v) is 7.44. The number of nitrogens with zero attached hydrogens (tertiary/aromatic N) is 1. The normalized spacial score (nSPS) is 16.7. The van der Waals surface area contributed by atoms with Crippen molar-refractivity contribution in [3.05, 3.63) is 23.4 Å². The molecule has 2 heterocycles. The Kier molecular flexibility index (Phi) is 4.83. The van der Waals surface area contributed by atoms with Crippen molar-refractivity contribution in [1.82, 2.24) is 4.98 Å². The molecule has 2 N–H and O–H groups in total. The Morgan fingerprint density at radius 2 is 2.05 bits per heavy atom. The number of hydrogen-bond donors (Lipinski definition) is 2. The molecule has 1 fully saturated rings. The monoisotopic (exact) mass is 292 g/mol. The van der Waals surface area contributed by atoms with Gasteiger partial charge in [0, 0.05) is 30.9 Å². The van der Waals surface area contributed by atoms with E-state index in [0.717, 1.165) is 38.3 Å². The van der Waals surface area contributed by atoms with Gasteiger partial charge in [0.1, 0.15) is 5.82 Å². The molecule has 1 aromatic rings. The number of anilines is 1. The van der Waals surface area contributed by atoms with E-state index >= 15 is 0 Å². The molecule has 0 saturated carbocycles. The largest absolute Gasteiger partial charge is 0.478 e. The standard InChI is InChI=1S/C16H24N2O3/c1-16(2,3)13-8-12(15(19)20)9-14(18-13)17-10-11-4-6-21-7-5-11/h8-9,11H,4-7,10H2,1-3H3,(H,17,18)(H,19,20). The summed E-state index contributed by atoms with van der Waals surface area (Å²) in [6, 6.07) is 3.26. The van der Waals surface area contributed by atoms with Crippen LogP contribution in [0.5, 0.6) is 0 Å². The number of pyridine rings is 1. The fraction of sp³-hybridized carbons (Fsp3) is 0.625. The summed E-state index contributed by atoms with van der Waals surface area (Å²) in [5.41, 5.74) is 0.891. The number of aromatic nitrogens is 1. The van der Waals surface area contributed by atoms with Crippen LogP contribution in [0.4, 0.5) is 5.82 Å². The second-order valence-electron chi connectivity index (χ2n) is 6.62. The lowest BCUT2D eigenvalue weighted by Crippen LogP contribution is -2.23. The summed E-state index contributed by atoms with van der Waals surface area (Å²) in [7, 11) is 0. The molecule has 1 aliphatic heterocycles. The zero-order valence-electron chi connectivity index (χ0n) is 13.0. The van der Waals surface area contributed by atoms with E-state index in [2.05, 4.69) is 10.3 Å². The maximum Gasteiger partial charge on any atom is 0.335 e. The van der Waals surface area contributed by atoms with E-state index in [1.165, 1.54) is 0 Å². The highest BCUT2D eigenvalue weighted by molar-refractivity contribution is 5.88. The van der Waals surface area contributed by atoms with Crippen molar-refractivity contribution in [2.75, 3.05) is 25.1 Å². The maximum atomic E-state index is 11.3. The van der Waals surface area contributed by atoms with Gasteiger partial charge in [0.15, 0.2) is 0 Å². The number of aromatic carboxylic acids is 1.